The minimum atomic E-state index is -3.00. The van der Waals surface area contributed by atoms with Crippen molar-refractivity contribution in [2.75, 3.05) is 6.26 Å². The quantitative estimate of drug-likeness (QED) is 0.754. The molecule has 0 atom stereocenters. The molecule has 0 saturated heterocycles. The van der Waals surface area contributed by atoms with Crippen LogP contribution in [0.2, 0.25) is 0 Å². The van der Waals surface area contributed by atoms with Gasteiger partial charge in [0.1, 0.15) is 5.88 Å². The molecule has 0 aromatic carbocycles. The molecule has 1 rings (SSSR count). The summed E-state index contributed by atoms with van der Waals surface area (Å²) in [6, 6.07) is 1.96. The molecule has 0 spiro atoms. The van der Waals surface area contributed by atoms with Crippen molar-refractivity contribution in [1.82, 2.24) is 9.78 Å². The van der Waals surface area contributed by atoms with Gasteiger partial charge in [0, 0.05) is 11.9 Å². The molecule has 1 heterocycles. The Morgan fingerprint density at radius 3 is 2.43 bits per heavy atom. The van der Waals surface area contributed by atoms with Crippen LogP contribution in [0.5, 0.6) is 0 Å². The maximum atomic E-state index is 11.1. The van der Waals surface area contributed by atoms with Gasteiger partial charge in [0.2, 0.25) is 0 Å². The Bertz CT molecular complexity index is 406. The summed E-state index contributed by atoms with van der Waals surface area (Å²) in [6.07, 6.45) is 2.87. The molecule has 1 aromatic rings. The molecule has 0 N–H and O–H groups in total. The van der Waals surface area contributed by atoms with Gasteiger partial charge >= 0.3 is 0 Å². The lowest BCUT2D eigenvalue weighted by molar-refractivity contribution is 0.575. The lowest BCUT2D eigenvalue weighted by Gasteiger charge is -2.02. The highest BCUT2D eigenvalue weighted by Gasteiger charge is 2.09. The first-order valence-electron chi connectivity index (χ1n) is 4.69. The van der Waals surface area contributed by atoms with Gasteiger partial charge in [0.05, 0.1) is 5.69 Å². The Labute approximate surface area is 84.9 Å². The zero-order valence-electron chi connectivity index (χ0n) is 8.82. The van der Waals surface area contributed by atoms with Crippen molar-refractivity contribution in [3.63, 3.8) is 0 Å². The molecule has 0 aliphatic carbocycles. The van der Waals surface area contributed by atoms with E-state index in [-0.39, 0.29) is 5.88 Å². The lowest BCUT2D eigenvalue weighted by Crippen LogP contribution is -2.12. The molecule has 0 fully saturated rings. The molecule has 0 aliphatic rings. The van der Waals surface area contributed by atoms with Crippen LogP contribution >= 0.6 is 0 Å². The third-order valence-electron chi connectivity index (χ3n) is 2.00. The van der Waals surface area contributed by atoms with Crippen LogP contribution in [0.3, 0.4) is 0 Å². The average molecular weight is 216 g/mol. The first kappa shape index (κ1) is 11.2. The highest BCUT2D eigenvalue weighted by Crippen LogP contribution is 2.07. The topological polar surface area (TPSA) is 52.0 Å². The number of aromatic nitrogens is 2. The van der Waals surface area contributed by atoms with Gasteiger partial charge in [-0.05, 0) is 18.9 Å². The van der Waals surface area contributed by atoms with Crippen molar-refractivity contribution >= 4 is 9.84 Å². The standard InChI is InChI=1S/C9H16N2O2S/c1-4-8-6-9(5-2)11(10-8)7-14(3,12)13/h6H,4-5,7H2,1-3H3. The van der Waals surface area contributed by atoms with Crippen molar-refractivity contribution in [1.29, 1.82) is 0 Å². The minimum Gasteiger partial charge on any atom is -0.254 e. The van der Waals surface area contributed by atoms with Crippen molar-refractivity contribution in [3.8, 4) is 0 Å². The van der Waals surface area contributed by atoms with Crippen LogP contribution in [0.15, 0.2) is 6.07 Å². The summed E-state index contributed by atoms with van der Waals surface area (Å²) in [5.74, 6) is -0.0177. The number of sulfone groups is 1. The summed E-state index contributed by atoms with van der Waals surface area (Å²) in [5.41, 5.74) is 1.93. The molecule has 0 aliphatic heterocycles. The third kappa shape index (κ3) is 2.83. The average Bonchev–Trinajstić information content (AvgIpc) is 2.44. The first-order chi connectivity index (χ1) is 6.46. The van der Waals surface area contributed by atoms with Crippen LogP contribution < -0.4 is 0 Å². The Balaban J connectivity index is 3.01. The summed E-state index contributed by atoms with van der Waals surface area (Å²) in [6.45, 7) is 4.00. The molecular weight excluding hydrogens is 200 g/mol. The number of rotatable bonds is 4. The molecule has 80 valence electrons. The summed E-state index contributed by atoms with van der Waals surface area (Å²) < 4.78 is 23.8. The van der Waals surface area contributed by atoms with Gasteiger partial charge in [-0.3, -0.25) is 4.68 Å². The van der Waals surface area contributed by atoms with E-state index in [2.05, 4.69) is 5.10 Å². The van der Waals surface area contributed by atoms with Crippen molar-refractivity contribution in [2.45, 2.75) is 32.6 Å². The molecule has 0 bridgehead atoms. The summed E-state index contributed by atoms with van der Waals surface area (Å²) >= 11 is 0. The summed E-state index contributed by atoms with van der Waals surface area (Å²) in [5, 5.41) is 4.22. The number of nitrogens with zero attached hydrogens (tertiary/aromatic N) is 2. The highest BCUT2D eigenvalue weighted by atomic mass is 32.2. The molecule has 0 unspecified atom stereocenters. The van der Waals surface area contributed by atoms with E-state index >= 15 is 0 Å². The molecule has 14 heavy (non-hydrogen) atoms. The predicted octanol–water partition coefficient (Wildman–Crippen LogP) is 1.01. The molecule has 5 heteroatoms. The zero-order valence-corrected chi connectivity index (χ0v) is 9.63. The van der Waals surface area contributed by atoms with Gasteiger partial charge in [0.15, 0.2) is 9.84 Å². The fraction of sp³-hybridized carbons (Fsp3) is 0.667. The van der Waals surface area contributed by atoms with Gasteiger partial charge in [-0.15, -0.1) is 0 Å². The fourth-order valence-electron chi connectivity index (χ4n) is 1.31. The summed E-state index contributed by atoms with van der Waals surface area (Å²) in [4.78, 5) is 0. The SMILES string of the molecule is CCc1cc(CC)n(CS(C)(=O)=O)n1. The van der Waals surface area contributed by atoms with Gasteiger partial charge in [-0.25, -0.2) is 8.42 Å². The molecule has 0 amide bonds. The van der Waals surface area contributed by atoms with Gasteiger partial charge < -0.3 is 0 Å². The Morgan fingerprint density at radius 1 is 1.36 bits per heavy atom. The number of aryl methyl sites for hydroxylation is 2. The maximum absolute atomic E-state index is 11.1. The van der Waals surface area contributed by atoms with E-state index < -0.39 is 9.84 Å². The normalized spacial score (nSPS) is 11.9. The smallest absolute Gasteiger partial charge is 0.167 e. The second-order valence-corrected chi connectivity index (χ2v) is 5.50. The second-order valence-electron chi connectivity index (χ2n) is 3.39. The minimum absolute atomic E-state index is 0.0177. The monoisotopic (exact) mass is 216 g/mol. The molecule has 1 aromatic heterocycles. The van der Waals surface area contributed by atoms with Crippen LogP contribution in [0.25, 0.3) is 0 Å². The van der Waals surface area contributed by atoms with Crippen molar-refractivity contribution < 1.29 is 8.42 Å². The molecular formula is C9H16N2O2S. The second kappa shape index (κ2) is 4.13. The van der Waals surface area contributed by atoms with Crippen LogP contribution in [0.4, 0.5) is 0 Å². The Morgan fingerprint density at radius 2 is 2.00 bits per heavy atom. The van der Waals surface area contributed by atoms with E-state index in [0.29, 0.717) is 0 Å². The number of hydrogen-bond donors (Lipinski definition) is 0. The molecule has 0 radical (unpaired) electrons. The highest BCUT2D eigenvalue weighted by molar-refractivity contribution is 7.89. The van der Waals surface area contributed by atoms with E-state index in [1.54, 1.807) is 4.68 Å². The zero-order chi connectivity index (χ0) is 10.8. The van der Waals surface area contributed by atoms with E-state index in [9.17, 15) is 8.42 Å². The van der Waals surface area contributed by atoms with Crippen molar-refractivity contribution in [2.24, 2.45) is 0 Å². The van der Waals surface area contributed by atoms with E-state index in [0.717, 1.165) is 24.2 Å². The molecule has 0 saturated carbocycles. The van der Waals surface area contributed by atoms with Crippen molar-refractivity contribution in [3.05, 3.63) is 17.5 Å². The van der Waals surface area contributed by atoms with Crippen LogP contribution in [0.1, 0.15) is 25.2 Å². The van der Waals surface area contributed by atoms with E-state index in [1.807, 2.05) is 19.9 Å². The first-order valence-corrected chi connectivity index (χ1v) is 6.75. The number of hydrogen-bond acceptors (Lipinski definition) is 3. The van der Waals surface area contributed by atoms with E-state index in [4.69, 9.17) is 0 Å². The Hall–Kier alpha value is -0.840. The maximum Gasteiger partial charge on any atom is 0.167 e. The third-order valence-corrected chi connectivity index (χ3v) is 2.71. The summed E-state index contributed by atoms with van der Waals surface area (Å²) in [7, 11) is -3.00. The molecule has 4 nitrogen and oxygen atoms in total. The van der Waals surface area contributed by atoms with Gasteiger partial charge in [-0.2, -0.15) is 5.10 Å². The van der Waals surface area contributed by atoms with Gasteiger partial charge in [0.25, 0.3) is 0 Å². The predicted molar refractivity (Wildman–Crippen MR) is 55.8 cm³/mol. The van der Waals surface area contributed by atoms with Crippen LogP contribution in [-0.4, -0.2) is 24.5 Å². The fourth-order valence-corrected chi connectivity index (χ4v) is 1.97. The van der Waals surface area contributed by atoms with Crippen LogP contribution in [0, 0.1) is 0 Å². The lowest BCUT2D eigenvalue weighted by atomic mass is 10.3. The van der Waals surface area contributed by atoms with Crippen LogP contribution in [-0.2, 0) is 28.6 Å². The van der Waals surface area contributed by atoms with Gasteiger partial charge in [-0.1, -0.05) is 13.8 Å². The Kier molecular flexibility index (Phi) is 3.31. The largest absolute Gasteiger partial charge is 0.254 e. The van der Waals surface area contributed by atoms with E-state index in [1.165, 1.54) is 6.26 Å².